The molecule has 39 heavy (non-hydrogen) atoms. The van der Waals surface area contributed by atoms with Gasteiger partial charge in [-0.3, -0.25) is 14.5 Å². The monoisotopic (exact) mass is 551 g/mol. The standard InChI is InChI=1S/C29H31ClFN5O3/c1-33-12-4-7-26(33)25-19-27(21-8-10-22(30)11-9-21)36(32-25)28(37)20-35(14-13-34-15-17-39-18-16-34)29(38)23-5-2-3-6-24(23)31/h2-12,27H,13-20H2,1H3/t27-/m1/s1. The SMILES string of the molecule is Cn1cccc1C1=NN(C(=O)CN(CCN2CCOCC2)C(=O)c2ccccc2F)[C@@H](c2ccc(Cl)cc2)C1. The van der Waals surface area contributed by atoms with Crippen LogP contribution in [0, 0.1) is 5.82 Å². The zero-order chi connectivity index (χ0) is 27.4. The molecule has 8 nitrogen and oxygen atoms in total. The number of ether oxygens (including phenoxy) is 1. The largest absolute Gasteiger partial charge is 0.379 e. The van der Waals surface area contributed by atoms with Crippen molar-refractivity contribution in [3.05, 3.63) is 94.5 Å². The molecule has 0 radical (unpaired) electrons. The molecule has 1 atom stereocenters. The van der Waals surface area contributed by atoms with Gasteiger partial charge in [0.1, 0.15) is 12.4 Å². The highest BCUT2D eigenvalue weighted by molar-refractivity contribution is 6.30. The zero-order valence-corrected chi connectivity index (χ0v) is 22.6. The predicted molar refractivity (Wildman–Crippen MR) is 147 cm³/mol. The number of hydrazone groups is 1. The number of carbonyl (C=O) groups is 2. The predicted octanol–water partition coefficient (Wildman–Crippen LogP) is 3.97. The van der Waals surface area contributed by atoms with E-state index in [1.54, 1.807) is 18.2 Å². The summed E-state index contributed by atoms with van der Waals surface area (Å²) in [6.45, 7) is 3.31. The molecule has 1 aromatic heterocycles. The number of aryl methyl sites for hydroxylation is 1. The van der Waals surface area contributed by atoms with Crippen molar-refractivity contribution in [1.29, 1.82) is 0 Å². The molecule has 1 fully saturated rings. The van der Waals surface area contributed by atoms with E-state index in [1.165, 1.54) is 28.1 Å². The van der Waals surface area contributed by atoms with Gasteiger partial charge in [0.2, 0.25) is 0 Å². The number of aromatic nitrogens is 1. The number of nitrogens with zero attached hydrogens (tertiary/aromatic N) is 5. The van der Waals surface area contributed by atoms with Crippen LogP contribution in [0.2, 0.25) is 5.02 Å². The molecule has 0 spiro atoms. The van der Waals surface area contributed by atoms with E-state index in [-0.39, 0.29) is 30.6 Å². The van der Waals surface area contributed by atoms with Crippen LogP contribution in [0.4, 0.5) is 4.39 Å². The highest BCUT2D eigenvalue weighted by Gasteiger charge is 2.35. The van der Waals surface area contributed by atoms with E-state index < -0.39 is 11.7 Å². The van der Waals surface area contributed by atoms with E-state index in [0.717, 1.165) is 30.1 Å². The van der Waals surface area contributed by atoms with Crippen molar-refractivity contribution >= 4 is 29.1 Å². The number of amides is 2. The van der Waals surface area contributed by atoms with E-state index >= 15 is 0 Å². The lowest BCUT2D eigenvalue weighted by atomic mass is 10.0. The van der Waals surface area contributed by atoms with Gasteiger partial charge in [0.05, 0.1) is 36.2 Å². The van der Waals surface area contributed by atoms with Crippen molar-refractivity contribution in [2.45, 2.75) is 12.5 Å². The second-order valence-corrected chi connectivity index (χ2v) is 10.2. The molecule has 2 aromatic carbocycles. The molecule has 2 aliphatic heterocycles. The third-order valence-electron chi connectivity index (χ3n) is 7.17. The maximum Gasteiger partial charge on any atom is 0.262 e. The molecule has 0 aliphatic carbocycles. The molecule has 5 rings (SSSR count). The maximum atomic E-state index is 14.6. The molecule has 10 heteroatoms. The van der Waals surface area contributed by atoms with Crippen LogP contribution in [0.25, 0.3) is 0 Å². The molecule has 0 saturated carbocycles. The topological polar surface area (TPSA) is 70.4 Å². The first-order chi connectivity index (χ1) is 18.9. The fourth-order valence-corrected chi connectivity index (χ4v) is 5.11. The molecule has 2 amide bonds. The summed E-state index contributed by atoms with van der Waals surface area (Å²) < 4.78 is 22.0. The van der Waals surface area contributed by atoms with E-state index in [2.05, 4.69) is 4.90 Å². The molecule has 204 valence electrons. The number of hydrogen-bond acceptors (Lipinski definition) is 5. The Morgan fingerprint density at radius 1 is 1.08 bits per heavy atom. The molecular weight excluding hydrogens is 521 g/mol. The van der Waals surface area contributed by atoms with Gasteiger partial charge in [-0.05, 0) is 42.0 Å². The Bertz CT molecular complexity index is 1350. The smallest absolute Gasteiger partial charge is 0.262 e. The minimum atomic E-state index is -0.615. The first-order valence-corrected chi connectivity index (χ1v) is 13.4. The van der Waals surface area contributed by atoms with Crippen molar-refractivity contribution in [2.75, 3.05) is 45.9 Å². The molecule has 0 unspecified atom stereocenters. The van der Waals surface area contributed by atoms with Crippen LogP contribution in [-0.4, -0.2) is 82.8 Å². The fourth-order valence-electron chi connectivity index (χ4n) is 4.98. The highest BCUT2D eigenvalue weighted by atomic mass is 35.5. The van der Waals surface area contributed by atoms with Crippen molar-refractivity contribution < 1.29 is 18.7 Å². The maximum absolute atomic E-state index is 14.6. The van der Waals surface area contributed by atoms with Crippen LogP contribution in [0.1, 0.15) is 34.1 Å². The lowest BCUT2D eigenvalue weighted by molar-refractivity contribution is -0.133. The Morgan fingerprint density at radius 2 is 1.82 bits per heavy atom. The normalized spacial score (nSPS) is 17.8. The summed E-state index contributed by atoms with van der Waals surface area (Å²) in [4.78, 5) is 30.9. The summed E-state index contributed by atoms with van der Waals surface area (Å²) in [5, 5.41) is 6.79. The number of morpholine rings is 1. The van der Waals surface area contributed by atoms with Gasteiger partial charge in [-0.25, -0.2) is 9.40 Å². The first kappa shape index (κ1) is 27.1. The van der Waals surface area contributed by atoms with Crippen LogP contribution >= 0.6 is 11.6 Å². The lowest BCUT2D eigenvalue weighted by Crippen LogP contribution is -2.46. The number of hydrogen-bond donors (Lipinski definition) is 0. The van der Waals surface area contributed by atoms with Gasteiger partial charge in [0.25, 0.3) is 11.8 Å². The van der Waals surface area contributed by atoms with Gasteiger partial charge in [-0.2, -0.15) is 5.10 Å². The summed E-state index contributed by atoms with van der Waals surface area (Å²) in [5.41, 5.74) is 2.52. The van der Waals surface area contributed by atoms with Crippen molar-refractivity contribution in [3.63, 3.8) is 0 Å². The first-order valence-electron chi connectivity index (χ1n) is 13.0. The Balaban J connectivity index is 1.41. The number of rotatable bonds is 8. The van der Waals surface area contributed by atoms with Gasteiger partial charge >= 0.3 is 0 Å². The molecule has 3 heterocycles. The molecule has 2 aliphatic rings. The highest BCUT2D eigenvalue weighted by Crippen LogP contribution is 2.33. The van der Waals surface area contributed by atoms with Crippen LogP contribution in [0.3, 0.4) is 0 Å². The molecule has 3 aromatic rings. The third-order valence-corrected chi connectivity index (χ3v) is 7.42. The van der Waals surface area contributed by atoms with Crippen LogP contribution in [0.5, 0.6) is 0 Å². The lowest BCUT2D eigenvalue weighted by Gasteiger charge is -2.31. The van der Waals surface area contributed by atoms with Gasteiger partial charge < -0.3 is 14.2 Å². The van der Waals surface area contributed by atoms with Crippen molar-refractivity contribution in [3.8, 4) is 0 Å². The number of halogens is 2. The second kappa shape index (κ2) is 12.1. The van der Waals surface area contributed by atoms with E-state index in [1.807, 2.05) is 42.1 Å². The Kier molecular flexibility index (Phi) is 8.40. The van der Waals surface area contributed by atoms with Crippen LogP contribution < -0.4 is 0 Å². The summed E-state index contributed by atoms with van der Waals surface area (Å²) >= 11 is 6.12. The molecule has 0 N–H and O–H groups in total. The number of benzene rings is 2. The molecule has 1 saturated heterocycles. The van der Waals surface area contributed by atoms with E-state index in [4.69, 9.17) is 21.4 Å². The van der Waals surface area contributed by atoms with Crippen molar-refractivity contribution in [1.82, 2.24) is 19.4 Å². The molecule has 0 bridgehead atoms. The van der Waals surface area contributed by atoms with Gasteiger partial charge in [0, 0.05) is 50.9 Å². The van der Waals surface area contributed by atoms with Crippen molar-refractivity contribution in [2.24, 2.45) is 12.1 Å². The minimum absolute atomic E-state index is 0.0593. The van der Waals surface area contributed by atoms with E-state index in [0.29, 0.717) is 31.2 Å². The third kappa shape index (κ3) is 6.21. The summed E-state index contributed by atoms with van der Waals surface area (Å²) in [7, 11) is 1.93. The quantitative estimate of drug-likeness (QED) is 0.425. The average Bonchev–Trinajstić information content (AvgIpc) is 3.58. The van der Waals surface area contributed by atoms with Crippen LogP contribution in [0.15, 0.2) is 72.0 Å². The minimum Gasteiger partial charge on any atom is -0.379 e. The Hall–Kier alpha value is -3.53. The molecular formula is C29H31ClFN5O3. The number of carbonyl (C=O) groups excluding carboxylic acids is 2. The zero-order valence-electron chi connectivity index (χ0n) is 21.8. The fraction of sp³-hybridized carbons (Fsp3) is 0.345. The van der Waals surface area contributed by atoms with E-state index in [9.17, 15) is 14.0 Å². The summed E-state index contributed by atoms with van der Waals surface area (Å²) in [6, 6.07) is 16.7. The summed E-state index contributed by atoms with van der Waals surface area (Å²) in [6.07, 6.45) is 2.44. The van der Waals surface area contributed by atoms with Gasteiger partial charge in [0.15, 0.2) is 0 Å². The average molecular weight is 552 g/mol. The second-order valence-electron chi connectivity index (χ2n) is 9.72. The Labute approximate surface area is 232 Å². The summed E-state index contributed by atoms with van der Waals surface area (Å²) in [5.74, 6) is -1.48. The van der Waals surface area contributed by atoms with Gasteiger partial charge in [-0.15, -0.1) is 0 Å². The van der Waals surface area contributed by atoms with Gasteiger partial charge in [-0.1, -0.05) is 35.9 Å². The van der Waals surface area contributed by atoms with Crippen LogP contribution in [-0.2, 0) is 16.6 Å². The Morgan fingerprint density at radius 3 is 2.51 bits per heavy atom.